The molecule has 0 radical (unpaired) electrons. The molecule has 1 heterocycles. The van der Waals surface area contributed by atoms with Crippen LogP contribution < -0.4 is 5.32 Å². The SMILES string of the molecule is CCCCCC(NCC)c1cccc2nccnc12. The summed E-state index contributed by atoms with van der Waals surface area (Å²) >= 11 is 0. The monoisotopic (exact) mass is 257 g/mol. The van der Waals surface area contributed by atoms with E-state index in [1.54, 1.807) is 12.4 Å². The molecule has 1 atom stereocenters. The molecule has 0 saturated heterocycles. The van der Waals surface area contributed by atoms with Gasteiger partial charge >= 0.3 is 0 Å². The molecule has 0 aliphatic heterocycles. The minimum atomic E-state index is 0.386. The summed E-state index contributed by atoms with van der Waals surface area (Å²) in [5.74, 6) is 0. The summed E-state index contributed by atoms with van der Waals surface area (Å²) in [5, 5.41) is 3.58. The third-order valence-corrected chi connectivity index (χ3v) is 3.45. The Morgan fingerprint density at radius 2 is 1.95 bits per heavy atom. The zero-order valence-electron chi connectivity index (χ0n) is 11.9. The van der Waals surface area contributed by atoms with Gasteiger partial charge in [0.15, 0.2) is 0 Å². The fourth-order valence-corrected chi connectivity index (χ4v) is 2.51. The van der Waals surface area contributed by atoms with Crippen LogP contribution in [0.25, 0.3) is 11.0 Å². The lowest BCUT2D eigenvalue weighted by Crippen LogP contribution is -2.21. The third-order valence-electron chi connectivity index (χ3n) is 3.45. The molecule has 0 saturated carbocycles. The summed E-state index contributed by atoms with van der Waals surface area (Å²) in [5.41, 5.74) is 3.30. The number of unbranched alkanes of at least 4 members (excludes halogenated alkanes) is 2. The molecule has 0 aliphatic rings. The standard InChI is InChI=1S/C16H23N3/c1-3-5-6-9-14(17-4-2)13-8-7-10-15-16(13)19-12-11-18-15/h7-8,10-12,14,17H,3-6,9H2,1-2H3. The van der Waals surface area contributed by atoms with Crippen LogP contribution in [0, 0.1) is 0 Å². The molecule has 1 unspecified atom stereocenters. The van der Waals surface area contributed by atoms with E-state index in [0.29, 0.717) is 6.04 Å². The Hall–Kier alpha value is -1.48. The van der Waals surface area contributed by atoms with Crippen molar-refractivity contribution in [2.45, 2.75) is 45.6 Å². The summed E-state index contributed by atoms with van der Waals surface area (Å²) in [4.78, 5) is 8.90. The topological polar surface area (TPSA) is 37.8 Å². The van der Waals surface area contributed by atoms with Gasteiger partial charge in [0, 0.05) is 18.4 Å². The van der Waals surface area contributed by atoms with Crippen molar-refractivity contribution in [1.82, 2.24) is 15.3 Å². The second kappa shape index (κ2) is 7.19. The van der Waals surface area contributed by atoms with Crippen LogP contribution in [0.2, 0.25) is 0 Å². The number of fused-ring (bicyclic) bond motifs is 1. The number of hydrogen-bond acceptors (Lipinski definition) is 3. The van der Waals surface area contributed by atoms with Crippen molar-refractivity contribution >= 4 is 11.0 Å². The van der Waals surface area contributed by atoms with Crippen LogP contribution in [0.3, 0.4) is 0 Å². The van der Waals surface area contributed by atoms with Crippen LogP contribution in [-0.2, 0) is 0 Å². The van der Waals surface area contributed by atoms with Gasteiger partial charge in [-0.1, -0.05) is 45.2 Å². The molecular weight excluding hydrogens is 234 g/mol. The molecule has 0 aliphatic carbocycles. The van der Waals surface area contributed by atoms with Crippen molar-refractivity contribution < 1.29 is 0 Å². The average Bonchev–Trinajstić information content (AvgIpc) is 2.46. The molecule has 1 aromatic carbocycles. The average molecular weight is 257 g/mol. The van der Waals surface area contributed by atoms with Crippen molar-refractivity contribution in [3.8, 4) is 0 Å². The summed E-state index contributed by atoms with van der Waals surface area (Å²) < 4.78 is 0. The number of nitrogens with one attached hydrogen (secondary N) is 1. The first-order valence-corrected chi connectivity index (χ1v) is 7.29. The summed E-state index contributed by atoms with van der Waals surface area (Å²) in [7, 11) is 0. The van der Waals surface area contributed by atoms with Crippen molar-refractivity contribution in [1.29, 1.82) is 0 Å². The van der Waals surface area contributed by atoms with E-state index in [1.165, 1.54) is 24.8 Å². The Morgan fingerprint density at radius 3 is 2.74 bits per heavy atom. The highest BCUT2D eigenvalue weighted by Gasteiger charge is 2.13. The van der Waals surface area contributed by atoms with Crippen molar-refractivity contribution in [2.75, 3.05) is 6.54 Å². The van der Waals surface area contributed by atoms with Gasteiger partial charge < -0.3 is 5.32 Å². The maximum Gasteiger partial charge on any atom is 0.0934 e. The molecule has 2 rings (SSSR count). The highest BCUT2D eigenvalue weighted by molar-refractivity contribution is 5.78. The lowest BCUT2D eigenvalue weighted by Gasteiger charge is -2.19. The molecule has 0 amide bonds. The molecule has 1 N–H and O–H groups in total. The van der Waals surface area contributed by atoms with Crippen LogP contribution in [0.15, 0.2) is 30.6 Å². The number of nitrogens with zero attached hydrogens (tertiary/aromatic N) is 2. The second-order valence-electron chi connectivity index (χ2n) is 4.88. The maximum atomic E-state index is 4.51. The number of benzene rings is 1. The molecule has 0 fully saturated rings. The van der Waals surface area contributed by atoms with Crippen molar-refractivity contribution in [2.24, 2.45) is 0 Å². The highest BCUT2D eigenvalue weighted by Crippen LogP contribution is 2.25. The zero-order valence-corrected chi connectivity index (χ0v) is 11.9. The van der Waals surface area contributed by atoms with E-state index >= 15 is 0 Å². The molecule has 0 bridgehead atoms. The van der Waals surface area contributed by atoms with Gasteiger partial charge in [-0.2, -0.15) is 0 Å². The van der Waals surface area contributed by atoms with Crippen LogP contribution in [0.5, 0.6) is 0 Å². The van der Waals surface area contributed by atoms with Gasteiger partial charge in [0.2, 0.25) is 0 Å². The largest absolute Gasteiger partial charge is 0.310 e. The Bertz CT molecular complexity index is 505. The van der Waals surface area contributed by atoms with E-state index in [0.717, 1.165) is 24.0 Å². The normalized spacial score (nSPS) is 12.7. The van der Waals surface area contributed by atoms with Gasteiger partial charge in [-0.15, -0.1) is 0 Å². The molecule has 102 valence electrons. The fourth-order valence-electron chi connectivity index (χ4n) is 2.51. The zero-order chi connectivity index (χ0) is 13.5. The van der Waals surface area contributed by atoms with Crippen LogP contribution in [0.4, 0.5) is 0 Å². The van der Waals surface area contributed by atoms with Crippen LogP contribution in [-0.4, -0.2) is 16.5 Å². The lowest BCUT2D eigenvalue weighted by molar-refractivity contribution is 0.488. The Labute approximate surface area is 115 Å². The van der Waals surface area contributed by atoms with Crippen molar-refractivity contribution in [3.63, 3.8) is 0 Å². The van der Waals surface area contributed by atoms with E-state index in [9.17, 15) is 0 Å². The van der Waals surface area contributed by atoms with E-state index < -0.39 is 0 Å². The molecule has 19 heavy (non-hydrogen) atoms. The molecule has 0 spiro atoms. The molecule has 2 aromatic rings. The third kappa shape index (κ3) is 3.51. The van der Waals surface area contributed by atoms with Gasteiger partial charge in [0.25, 0.3) is 0 Å². The van der Waals surface area contributed by atoms with E-state index in [1.807, 2.05) is 6.07 Å². The first-order chi connectivity index (χ1) is 9.36. The maximum absolute atomic E-state index is 4.51. The van der Waals surface area contributed by atoms with E-state index in [4.69, 9.17) is 0 Å². The summed E-state index contributed by atoms with van der Waals surface area (Å²) in [6, 6.07) is 6.67. The number of aromatic nitrogens is 2. The van der Waals surface area contributed by atoms with E-state index in [2.05, 4.69) is 41.3 Å². The number of para-hydroxylation sites is 1. The highest BCUT2D eigenvalue weighted by atomic mass is 14.9. The van der Waals surface area contributed by atoms with Gasteiger partial charge in [-0.05, 0) is 24.6 Å². The molecule has 1 aromatic heterocycles. The summed E-state index contributed by atoms with van der Waals surface area (Å²) in [6.45, 7) is 5.38. The van der Waals surface area contributed by atoms with Gasteiger partial charge in [-0.3, -0.25) is 9.97 Å². The number of hydrogen-bond donors (Lipinski definition) is 1. The van der Waals surface area contributed by atoms with E-state index in [-0.39, 0.29) is 0 Å². The quantitative estimate of drug-likeness (QED) is 0.765. The minimum Gasteiger partial charge on any atom is -0.310 e. The molecule has 3 heteroatoms. The Balaban J connectivity index is 2.27. The first kappa shape index (κ1) is 13.9. The van der Waals surface area contributed by atoms with Gasteiger partial charge in [-0.25, -0.2) is 0 Å². The number of rotatable bonds is 7. The first-order valence-electron chi connectivity index (χ1n) is 7.29. The predicted molar refractivity (Wildman–Crippen MR) is 80.1 cm³/mol. The minimum absolute atomic E-state index is 0.386. The van der Waals surface area contributed by atoms with Crippen LogP contribution in [0.1, 0.15) is 51.1 Å². The Kier molecular flexibility index (Phi) is 5.28. The fraction of sp³-hybridized carbons (Fsp3) is 0.500. The Morgan fingerprint density at radius 1 is 1.11 bits per heavy atom. The van der Waals surface area contributed by atoms with Gasteiger partial charge in [0.1, 0.15) is 0 Å². The van der Waals surface area contributed by atoms with Crippen LogP contribution >= 0.6 is 0 Å². The molecular formula is C16H23N3. The summed E-state index contributed by atoms with van der Waals surface area (Å²) in [6.07, 6.45) is 8.50. The smallest absolute Gasteiger partial charge is 0.0934 e. The lowest BCUT2D eigenvalue weighted by atomic mass is 9.99. The second-order valence-corrected chi connectivity index (χ2v) is 4.88. The van der Waals surface area contributed by atoms with Crippen molar-refractivity contribution in [3.05, 3.63) is 36.2 Å². The van der Waals surface area contributed by atoms with Gasteiger partial charge in [0.05, 0.1) is 11.0 Å². The predicted octanol–water partition coefficient (Wildman–Crippen LogP) is 3.86. The molecule has 3 nitrogen and oxygen atoms in total.